The van der Waals surface area contributed by atoms with E-state index in [0.717, 1.165) is 5.56 Å². The second-order valence-corrected chi connectivity index (χ2v) is 6.53. The summed E-state index contributed by atoms with van der Waals surface area (Å²) in [6.45, 7) is 0.432. The highest BCUT2D eigenvalue weighted by atomic mass is 35.5. The van der Waals surface area contributed by atoms with Crippen molar-refractivity contribution < 1.29 is 9.53 Å². The van der Waals surface area contributed by atoms with Crippen molar-refractivity contribution >= 4 is 40.5 Å². The highest BCUT2D eigenvalue weighted by Gasteiger charge is 2.10. The van der Waals surface area contributed by atoms with Gasteiger partial charge in [-0.15, -0.1) is 0 Å². The minimum absolute atomic E-state index is 0.177. The zero-order chi connectivity index (χ0) is 19.1. The van der Waals surface area contributed by atoms with Crippen LogP contribution in [0.2, 0.25) is 5.02 Å². The monoisotopic (exact) mass is 396 g/mol. The average Bonchev–Trinajstić information content (AvgIpc) is 2.68. The van der Waals surface area contributed by atoms with Crippen LogP contribution in [0.25, 0.3) is 0 Å². The average molecular weight is 397 g/mol. The van der Waals surface area contributed by atoms with Crippen molar-refractivity contribution in [1.29, 1.82) is 0 Å². The molecule has 0 saturated heterocycles. The van der Waals surface area contributed by atoms with Crippen LogP contribution in [-0.4, -0.2) is 11.0 Å². The molecule has 27 heavy (non-hydrogen) atoms. The number of nitrogens with one attached hydrogen (secondary N) is 2. The third kappa shape index (κ3) is 5.54. The molecule has 0 aromatic heterocycles. The van der Waals surface area contributed by atoms with Crippen LogP contribution in [0, 0.1) is 0 Å². The van der Waals surface area contributed by atoms with E-state index < -0.39 is 0 Å². The Labute approximate surface area is 168 Å². The van der Waals surface area contributed by atoms with Crippen LogP contribution in [0.5, 0.6) is 5.75 Å². The molecule has 0 unspecified atom stereocenters. The Morgan fingerprint density at radius 3 is 2.48 bits per heavy atom. The third-order valence-electron chi connectivity index (χ3n) is 3.69. The number of para-hydroxylation sites is 2. The lowest BCUT2D eigenvalue weighted by molar-refractivity contribution is 0.0977. The van der Waals surface area contributed by atoms with Crippen molar-refractivity contribution in [1.82, 2.24) is 5.32 Å². The first-order valence-electron chi connectivity index (χ1n) is 8.25. The van der Waals surface area contributed by atoms with Crippen molar-refractivity contribution in [3.63, 3.8) is 0 Å². The van der Waals surface area contributed by atoms with E-state index in [9.17, 15) is 4.79 Å². The van der Waals surface area contributed by atoms with Crippen molar-refractivity contribution in [2.45, 2.75) is 6.61 Å². The number of benzene rings is 3. The van der Waals surface area contributed by atoms with E-state index in [0.29, 0.717) is 28.6 Å². The molecule has 0 aliphatic carbocycles. The summed E-state index contributed by atoms with van der Waals surface area (Å²) in [7, 11) is 0. The Hall–Kier alpha value is -2.89. The molecule has 0 radical (unpaired) electrons. The summed E-state index contributed by atoms with van der Waals surface area (Å²) in [6, 6.07) is 23.9. The number of amides is 1. The smallest absolute Gasteiger partial charge is 0.257 e. The van der Waals surface area contributed by atoms with Gasteiger partial charge in [-0.1, -0.05) is 60.1 Å². The molecule has 0 aliphatic rings. The molecular formula is C21H17ClN2O2S. The number of hydrogen-bond acceptors (Lipinski definition) is 3. The van der Waals surface area contributed by atoms with Crippen LogP contribution in [0.1, 0.15) is 15.9 Å². The van der Waals surface area contributed by atoms with E-state index in [1.165, 1.54) is 0 Å². The van der Waals surface area contributed by atoms with Crippen molar-refractivity contribution in [2.24, 2.45) is 0 Å². The lowest BCUT2D eigenvalue weighted by atomic mass is 10.2. The summed E-state index contributed by atoms with van der Waals surface area (Å²) in [5, 5.41) is 6.31. The Bertz CT molecular complexity index is 948. The van der Waals surface area contributed by atoms with Gasteiger partial charge in [-0.05, 0) is 48.1 Å². The van der Waals surface area contributed by atoms with E-state index in [1.807, 2.05) is 54.6 Å². The van der Waals surface area contributed by atoms with Crippen LogP contribution in [0.15, 0.2) is 78.9 Å². The lowest BCUT2D eigenvalue weighted by Gasteiger charge is -2.14. The Morgan fingerprint density at radius 1 is 0.963 bits per heavy atom. The fraction of sp³-hybridized carbons (Fsp3) is 0.0476. The molecule has 4 nitrogen and oxygen atoms in total. The van der Waals surface area contributed by atoms with Gasteiger partial charge in [0.2, 0.25) is 0 Å². The Balaban J connectivity index is 1.63. The number of anilines is 1. The highest BCUT2D eigenvalue weighted by Crippen LogP contribution is 2.24. The summed E-state index contributed by atoms with van der Waals surface area (Å²) >= 11 is 11.2. The molecule has 0 bridgehead atoms. The number of rotatable bonds is 5. The predicted molar refractivity (Wildman–Crippen MR) is 112 cm³/mol. The second-order valence-electron chi connectivity index (χ2n) is 5.69. The van der Waals surface area contributed by atoms with Crippen LogP contribution >= 0.6 is 23.8 Å². The van der Waals surface area contributed by atoms with E-state index in [4.69, 9.17) is 28.6 Å². The molecular weight excluding hydrogens is 380 g/mol. The standard InChI is InChI=1S/C21H17ClN2O2S/c22-17-10-6-9-16(13-17)20(25)24-21(27)23-18-11-4-5-12-19(18)26-14-15-7-2-1-3-8-15/h1-13H,14H2,(H2,23,24,25,27). The van der Waals surface area contributed by atoms with Crippen LogP contribution in [0.3, 0.4) is 0 Å². The highest BCUT2D eigenvalue weighted by molar-refractivity contribution is 7.80. The molecule has 3 aromatic rings. The molecule has 0 heterocycles. The van der Waals surface area contributed by atoms with Gasteiger partial charge in [-0.2, -0.15) is 0 Å². The number of ether oxygens (including phenoxy) is 1. The van der Waals surface area contributed by atoms with E-state index in [1.54, 1.807) is 24.3 Å². The third-order valence-corrected chi connectivity index (χ3v) is 4.13. The van der Waals surface area contributed by atoms with Crippen molar-refractivity contribution in [2.75, 3.05) is 5.32 Å². The van der Waals surface area contributed by atoms with Crippen molar-refractivity contribution in [3.05, 3.63) is 95.0 Å². The van der Waals surface area contributed by atoms with E-state index >= 15 is 0 Å². The van der Waals surface area contributed by atoms with Gasteiger partial charge in [-0.3, -0.25) is 10.1 Å². The summed E-state index contributed by atoms with van der Waals surface area (Å²) in [5.41, 5.74) is 2.16. The summed E-state index contributed by atoms with van der Waals surface area (Å²) in [5.74, 6) is 0.304. The van der Waals surface area contributed by atoms with E-state index in [2.05, 4.69) is 10.6 Å². The van der Waals surface area contributed by atoms with Gasteiger partial charge in [-0.25, -0.2) is 0 Å². The summed E-state index contributed by atoms with van der Waals surface area (Å²) in [4.78, 5) is 12.3. The fourth-order valence-electron chi connectivity index (χ4n) is 2.39. The maximum Gasteiger partial charge on any atom is 0.257 e. The number of carbonyl (C=O) groups excluding carboxylic acids is 1. The van der Waals surface area contributed by atoms with Gasteiger partial charge >= 0.3 is 0 Å². The first-order chi connectivity index (χ1) is 13.1. The molecule has 136 valence electrons. The molecule has 2 N–H and O–H groups in total. The molecule has 0 atom stereocenters. The molecule has 0 fully saturated rings. The minimum atomic E-state index is -0.335. The first kappa shape index (κ1) is 18.9. The Kier molecular flexibility index (Phi) is 6.41. The predicted octanol–water partition coefficient (Wildman–Crippen LogP) is 5.05. The molecule has 3 aromatic carbocycles. The Morgan fingerprint density at radius 2 is 1.70 bits per heavy atom. The number of carbonyl (C=O) groups is 1. The quantitative estimate of drug-likeness (QED) is 0.593. The van der Waals surface area contributed by atoms with Gasteiger partial charge in [0.05, 0.1) is 5.69 Å². The van der Waals surface area contributed by atoms with Gasteiger partial charge in [0.25, 0.3) is 5.91 Å². The SMILES string of the molecule is O=C(NC(=S)Nc1ccccc1OCc1ccccc1)c1cccc(Cl)c1. The van der Waals surface area contributed by atoms with Gasteiger partial charge < -0.3 is 10.1 Å². The molecule has 0 aliphatic heterocycles. The summed E-state index contributed by atoms with van der Waals surface area (Å²) in [6.07, 6.45) is 0. The maximum absolute atomic E-state index is 12.3. The zero-order valence-corrected chi connectivity index (χ0v) is 15.9. The minimum Gasteiger partial charge on any atom is -0.487 e. The fourth-order valence-corrected chi connectivity index (χ4v) is 2.78. The maximum atomic E-state index is 12.3. The molecule has 1 amide bonds. The first-order valence-corrected chi connectivity index (χ1v) is 9.04. The molecule has 6 heteroatoms. The topological polar surface area (TPSA) is 50.4 Å². The molecule has 0 spiro atoms. The number of hydrogen-bond donors (Lipinski definition) is 2. The second kappa shape index (κ2) is 9.16. The molecule has 0 saturated carbocycles. The lowest BCUT2D eigenvalue weighted by Crippen LogP contribution is -2.34. The van der Waals surface area contributed by atoms with Gasteiger partial charge in [0, 0.05) is 10.6 Å². The zero-order valence-electron chi connectivity index (χ0n) is 14.3. The van der Waals surface area contributed by atoms with E-state index in [-0.39, 0.29) is 11.0 Å². The normalized spacial score (nSPS) is 10.1. The van der Waals surface area contributed by atoms with Crippen LogP contribution in [-0.2, 0) is 6.61 Å². The number of halogens is 1. The van der Waals surface area contributed by atoms with Crippen LogP contribution in [0.4, 0.5) is 5.69 Å². The van der Waals surface area contributed by atoms with Gasteiger partial charge in [0.1, 0.15) is 12.4 Å². The number of thiocarbonyl (C=S) groups is 1. The summed E-state index contributed by atoms with van der Waals surface area (Å²) < 4.78 is 5.88. The van der Waals surface area contributed by atoms with Crippen LogP contribution < -0.4 is 15.4 Å². The van der Waals surface area contributed by atoms with Crippen molar-refractivity contribution in [3.8, 4) is 5.75 Å². The largest absolute Gasteiger partial charge is 0.487 e. The van der Waals surface area contributed by atoms with Gasteiger partial charge in [0.15, 0.2) is 5.11 Å². The molecule has 3 rings (SSSR count).